The molecule has 5 N–H and O–H groups in total. The summed E-state index contributed by atoms with van der Waals surface area (Å²) >= 11 is 0. The lowest BCUT2D eigenvalue weighted by Gasteiger charge is -2.15. The van der Waals surface area contributed by atoms with Gasteiger partial charge < -0.3 is 95.6 Å². The molecule has 6 aromatic carbocycles. The molecule has 103 heavy (non-hydrogen) atoms. The highest BCUT2D eigenvalue weighted by Crippen LogP contribution is 2.43. The molecule has 0 aliphatic rings. The van der Waals surface area contributed by atoms with E-state index in [1.54, 1.807) is 6.92 Å². The molecule has 0 saturated heterocycles. The maximum absolute atomic E-state index is 13.6. The Hall–Kier alpha value is -14.1. The van der Waals surface area contributed by atoms with Gasteiger partial charge in [-0.05, 0) is 61.5 Å². The van der Waals surface area contributed by atoms with Crippen molar-refractivity contribution in [2.75, 3.05) is 19.8 Å². The van der Waals surface area contributed by atoms with E-state index in [2.05, 4.69) is 0 Å². The normalized spacial score (nSPS) is 10.5. The lowest BCUT2D eigenvalue weighted by Crippen LogP contribution is -2.16. The van der Waals surface area contributed by atoms with Crippen LogP contribution in [0.15, 0.2) is 119 Å². The van der Waals surface area contributed by atoms with E-state index in [0.717, 1.165) is 86.6 Å². The van der Waals surface area contributed by atoms with Gasteiger partial charge >= 0.3 is 65.7 Å². The standard InChI is InChI=1S/C27H24O13.C25H20O12.C17H12O9/c1-6-34-23(32)12-35-18-10-21(38-15(4)30)24-22(11-18)40-26(27(25(24)33)39-16(5)31)17-7-8-19(36-13(2)28)20(9-17)37-14(3)29;1-11(26)32-17-9-20(35-14(4)29)22-21(10-17)37-24(25(23(22)31)36-15(5)30)16-6-7-18(33-12(2)27)19(8-16)34-13(3)28;18-9-2-1-7(3-10(9)19)17-16(24)15(23)14-11(20)4-8(5-12(14)26-17)25-6-13(21)22/h7-11H,6,12H2,1-5H3;6-10H,1-5H3;1-5,18-20,24H,6H2,(H,21,22). The summed E-state index contributed by atoms with van der Waals surface area (Å²) in [5, 5.41) is 46.8. The minimum absolute atomic E-state index is 0.0167. The number of ether oxygens (including phenoxy) is 12. The number of esters is 10. The summed E-state index contributed by atoms with van der Waals surface area (Å²) in [5.74, 6) is -14.4. The van der Waals surface area contributed by atoms with Crippen LogP contribution in [0, 0.1) is 0 Å². The number of hydrogen-bond acceptors (Lipinski definition) is 33. The molecule has 9 rings (SSSR count). The van der Waals surface area contributed by atoms with E-state index in [1.807, 2.05) is 0 Å². The summed E-state index contributed by atoms with van der Waals surface area (Å²) < 4.78 is 78.5. The molecule has 0 amide bonds. The summed E-state index contributed by atoms with van der Waals surface area (Å²) in [6, 6.07) is 18.2. The van der Waals surface area contributed by atoms with Crippen LogP contribution in [-0.2, 0) is 57.5 Å². The van der Waals surface area contributed by atoms with Gasteiger partial charge in [0.1, 0.15) is 67.4 Å². The molecular weight excluding hydrogens is 1370 g/mol. The van der Waals surface area contributed by atoms with Crippen LogP contribution in [0.2, 0.25) is 0 Å². The topological polar surface area (TPSA) is 490 Å². The zero-order chi connectivity index (χ0) is 76.0. The van der Waals surface area contributed by atoms with Gasteiger partial charge in [0.15, 0.2) is 65.0 Å². The van der Waals surface area contributed by atoms with E-state index in [9.17, 15) is 87.5 Å². The van der Waals surface area contributed by atoms with Gasteiger partial charge in [0.05, 0.1) is 6.61 Å². The monoisotopic (exact) mass is 1430 g/mol. The predicted octanol–water partition coefficient (Wildman–Crippen LogP) is 7.94. The van der Waals surface area contributed by atoms with Crippen LogP contribution in [-0.4, -0.2) is 111 Å². The van der Waals surface area contributed by atoms with Gasteiger partial charge in [0.2, 0.25) is 33.5 Å². The average molecular weight is 1430 g/mol. The first-order valence-corrected chi connectivity index (χ1v) is 29.4. The first-order valence-electron chi connectivity index (χ1n) is 29.4. The Morgan fingerprint density at radius 2 is 0.718 bits per heavy atom. The number of fused-ring (bicyclic) bond motifs is 3. The lowest BCUT2D eigenvalue weighted by molar-refractivity contribution is -0.145. The van der Waals surface area contributed by atoms with Gasteiger partial charge in [0, 0.05) is 115 Å². The van der Waals surface area contributed by atoms with Gasteiger partial charge in [-0.1, -0.05) is 0 Å². The molecule has 0 spiro atoms. The number of rotatable bonds is 19. The van der Waals surface area contributed by atoms with Gasteiger partial charge in [-0.15, -0.1) is 0 Å². The summed E-state index contributed by atoms with van der Waals surface area (Å²) in [6.07, 6.45) is 0. The summed E-state index contributed by atoms with van der Waals surface area (Å²) in [5.41, 5.74) is -3.01. The summed E-state index contributed by atoms with van der Waals surface area (Å²) in [7, 11) is 0. The van der Waals surface area contributed by atoms with Crippen molar-refractivity contribution in [2.45, 2.75) is 69.2 Å². The van der Waals surface area contributed by atoms with Gasteiger partial charge in [-0.2, -0.15) is 0 Å². The third-order valence-electron chi connectivity index (χ3n) is 12.7. The van der Waals surface area contributed by atoms with E-state index < -0.39 is 130 Å². The molecule has 34 nitrogen and oxygen atoms in total. The number of aliphatic carboxylic acids is 1. The third-order valence-corrected chi connectivity index (χ3v) is 12.7. The fraction of sp³-hybridized carbons (Fsp3) is 0.188. The maximum atomic E-state index is 13.6. The second kappa shape index (κ2) is 33.0. The molecule has 3 heterocycles. The first kappa shape index (κ1) is 76.3. The summed E-state index contributed by atoms with van der Waals surface area (Å²) in [6.45, 7) is 10.6. The largest absolute Gasteiger partial charge is 0.507 e. The number of carboxylic acid groups (broad SMARTS) is 1. The smallest absolute Gasteiger partial charge is 0.344 e. The van der Waals surface area contributed by atoms with E-state index >= 15 is 0 Å². The van der Waals surface area contributed by atoms with E-state index in [0.29, 0.717) is 0 Å². The van der Waals surface area contributed by atoms with Crippen LogP contribution >= 0.6 is 0 Å². The number of carboxylic acids is 1. The molecule has 0 bridgehead atoms. The highest BCUT2D eigenvalue weighted by atomic mass is 16.6. The van der Waals surface area contributed by atoms with Crippen molar-refractivity contribution in [3.63, 3.8) is 0 Å². The molecular formula is C69H56O34. The number of aromatic hydroxyl groups is 4. The van der Waals surface area contributed by atoms with Crippen molar-refractivity contribution in [3.8, 4) is 120 Å². The molecule has 0 aliphatic carbocycles. The van der Waals surface area contributed by atoms with Gasteiger partial charge in [-0.3, -0.25) is 57.5 Å². The van der Waals surface area contributed by atoms with Crippen molar-refractivity contribution in [1.82, 2.24) is 0 Å². The van der Waals surface area contributed by atoms with Crippen molar-refractivity contribution in [1.29, 1.82) is 0 Å². The predicted molar refractivity (Wildman–Crippen MR) is 347 cm³/mol. The Bertz CT molecular complexity index is 5160. The van der Waals surface area contributed by atoms with E-state index in [1.165, 1.54) is 66.7 Å². The number of phenolic OH excluding ortho intramolecular Hbond substituents is 3. The van der Waals surface area contributed by atoms with Crippen molar-refractivity contribution < 1.29 is 148 Å². The molecule has 0 atom stereocenters. The van der Waals surface area contributed by atoms with Crippen LogP contribution in [0.4, 0.5) is 0 Å². The molecule has 0 fully saturated rings. The Balaban J connectivity index is 0.000000221. The Morgan fingerprint density at radius 1 is 0.350 bits per heavy atom. The lowest BCUT2D eigenvalue weighted by atomic mass is 10.1. The number of benzene rings is 6. The zero-order valence-electron chi connectivity index (χ0n) is 55.4. The van der Waals surface area contributed by atoms with Gasteiger partial charge in [-0.25, -0.2) is 9.59 Å². The molecule has 9 aromatic rings. The molecule has 0 unspecified atom stereocenters. The van der Waals surface area contributed by atoms with Crippen LogP contribution < -0.4 is 68.4 Å². The maximum Gasteiger partial charge on any atom is 0.344 e. The van der Waals surface area contributed by atoms with Crippen LogP contribution in [0.25, 0.3) is 66.9 Å². The second-order valence-corrected chi connectivity index (χ2v) is 20.8. The fourth-order valence-corrected chi connectivity index (χ4v) is 9.06. The van der Waals surface area contributed by atoms with E-state index in [-0.39, 0.29) is 125 Å². The Kier molecular flexibility index (Phi) is 24.4. The number of hydrogen-bond donors (Lipinski definition) is 5. The fourth-order valence-electron chi connectivity index (χ4n) is 9.06. The highest BCUT2D eigenvalue weighted by molar-refractivity contribution is 5.94. The molecule has 0 saturated carbocycles. The summed E-state index contributed by atoms with van der Waals surface area (Å²) in [4.78, 5) is 167. The SMILES string of the molecule is CC(=O)Oc1cc(OC(C)=O)c2c(=O)c(OC(C)=O)c(-c3ccc(OC(C)=O)c(OC(C)=O)c3)oc2c1.CCOC(=O)COc1cc(OC(C)=O)c2c(=O)c(OC(C)=O)c(-c3ccc(OC(C)=O)c(OC(C)=O)c3)oc2c1.O=C(O)COc1cc(O)c2c(=O)c(O)c(-c3ccc(O)c(O)c3)oc2c1. The van der Waals surface area contributed by atoms with Crippen LogP contribution in [0.3, 0.4) is 0 Å². The van der Waals surface area contributed by atoms with Crippen molar-refractivity contribution in [2.24, 2.45) is 0 Å². The zero-order valence-corrected chi connectivity index (χ0v) is 55.4. The highest BCUT2D eigenvalue weighted by Gasteiger charge is 2.29. The number of carbonyl (C=O) groups is 11. The Labute approximate surface area is 576 Å². The molecule has 0 radical (unpaired) electrons. The van der Waals surface area contributed by atoms with E-state index in [4.69, 9.17) is 75.2 Å². The second-order valence-electron chi connectivity index (χ2n) is 20.8. The third kappa shape index (κ3) is 19.6. The molecule has 34 heteroatoms. The number of carbonyl (C=O) groups excluding carboxylic acids is 10. The van der Waals surface area contributed by atoms with Crippen molar-refractivity contribution in [3.05, 3.63) is 122 Å². The van der Waals surface area contributed by atoms with Crippen LogP contribution in [0.1, 0.15) is 69.2 Å². The molecule has 0 aliphatic heterocycles. The van der Waals surface area contributed by atoms with Crippen molar-refractivity contribution >= 4 is 98.6 Å². The minimum atomic E-state index is -1.24. The quantitative estimate of drug-likeness (QED) is 0.0291. The molecule has 3 aromatic heterocycles. The average Bonchev–Trinajstić information content (AvgIpc) is 0.769. The van der Waals surface area contributed by atoms with Gasteiger partial charge in [0.25, 0.3) is 0 Å². The minimum Gasteiger partial charge on any atom is -0.507 e. The molecule has 536 valence electrons. The van der Waals surface area contributed by atoms with Crippen LogP contribution in [0.5, 0.6) is 86.2 Å². The Morgan fingerprint density at radius 3 is 1.15 bits per heavy atom. The number of phenols is 3. The first-order chi connectivity index (χ1) is 48.5.